The van der Waals surface area contributed by atoms with Crippen LogP contribution in [0.2, 0.25) is 5.02 Å². The van der Waals surface area contributed by atoms with Crippen molar-refractivity contribution in [3.05, 3.63) is 22.7 Å². The maximum Gasteiger partial charge on any atom is 0.257 e. The fourth-order valence-corrected chi connectivity index (χ4v) is 4.25. The molecular formula is C14H19ClN2O4S. The van der Waals surface area contributed by atoms with E-state index < -0.39 is 21.1 Å². The van der Waals surface area contributed by atoms with Crippen LogP contribution in [0.1, 0.15) is 24.2 Å². The fourth-order valence-electron chi connectivity index (χ4n) is 2.51. The summed E-state index contributed by atoms with van der Waals surface area (Å²) in [6.45, 7) is 3.50. The van der Waals surface area contributed by atoms with E-state index in [1.807, 2.05) is 0 Å². The second-order valence-electron chi connectivity index (χ2n) is 5.39. The minimum Gasteiger partial charge on any atom is -0.496 e. The van der Waals surface area contributed by atoms with Gasteiger partial charge in [-0.25, -0.2) is 8.42 Å². The molecule has 1 aliphatic heterocycles. The van der Waals surface area contributed by atoms with E-state index >= 15 is 0 Å². The highest BCUT2D eigenvalue weighted by molar-refractivity contribution is 7.92. The molecule has 1 heterocycles. The molecule has 2 N–H and O–H groups in total. The number of nitrogens with zero attached hydrogens (tertiary/aromatic N) is 1. The van der Waals surface area contributed by atoms with Crippen LogP contribution in [0.15, 0.2) is 12.1 Å². The van der Waals surface area contributed by atoms with Crippen LogP contribution >= 0.6 is 11.6 Å². The quantitative estimate of drug-likeness (QED) is 0.821. The summed E-state index contributed by atoms with van der Waals surface area (Å²) in [4.78, 5) is 14.3. The third kappa shape index (κ3) is 2.87. The molecule has 1 amide bonds. The molecule has 1 saturated heterocycles. The van der Waals surface area contributed by atoms with Gasteiger partial charge in [0.05, 0.1) is 34.4 Å². The Kier molecular flexibility index (Phi) is 4.58. The Labute approximate surface area is 135 Å². The molecule has 22 heavy (non-hydrogen) atoms. The highest BCUT2D eigenvalue weighted by atomic mass is 35.5. The van der Waals surface area contributed by atoms with Gasteiger partial charge in [-0.3, -0.25) is 4.79 Å². The highest BCUT2D eigenvalue weighted by Gasteiger charge is 2.38. The van der Waals surface area contributed by atoms with Crippen molar-refractivity contribution in [2.45, 2.75) is 25.1 Å². The molecule has 0 spiro atoms. The molecular weight excluding hydrogens is 328 g/mol. The monoisotopic (exact) mass is 346 g/mol. The van der Waals surface area contributed by atoms with Gasteiger partial charge in [-0.1, -0.05) is 11.6 Å². The maximum atomic E-state index is 12.8. The molecule has 1 fully saturated rings. The number of rotatable bonds is 2. The summed E-state index contributed by atoms with van der Waals surface area (Å²) in [7, 11) is -1.72. The van der Waals surface area contributed by atoms with Gasteiger partial charge in [0.25, 0.3) is 5.91 Å². The van der Waals surface area contributed by atoms with Crippen molar-refractivity contribution in [3.63, 3.8) is 0 Å². The SMILES string of the molecule is COc1cc(N)c(Cl)cc1C(=O)N1CCS(=O)(=O)C(C)C1C. The number of methoxy groups -OCH3 is 1. The first kappa shape index (κ1) is 16.9. The minimum atomic E-state index is -3.16. The van der Waals surface area contributed by atoms with Crippen molar-refractivity contribution in [1.29, 1.82) is 0 Å². The largest absolute Gasteiger partial charge is 0.496 e. The Balaban J connectivity index is 2.39. The normalized spacial score (nSPS) is 24.1. The summed E-state index contributed by atoms with van der Waals surface area (Å²) in [5, 5.41) is -0.352. The molecule has 1 aliphatic rings. The second kappa shape index (κ2) is 5.96. The lowest BCUT2D eigenvalue weighted by molar-refractivity contribution is 0.0690. The molecule has 0 saturated carbocycles. The van der Waals surface area contributed by atoms with Crippen molar-refractivity contribution in [3.8, 4) is 5.75 Å². The smallest absolute Gasteiger partial charge is 0.257 e. The van der Waals surface area contributed by atoms with Crippen LogP contribution in [0.5, 0.6) is 5.75 Å². The molecule has 1 aromatic carbocycles. The van der Waals surface area contributed by atoms with E-state index in [2.05, 4.69) is 0 Å². The number of amides is 1. The Hall–Kier alpha value is -1.47. The van der Waals surface area contributed by atoms with E-state index in [1.54, 1.807) is 13.8 Å². The van der Waals surface area contributed by atoms with E-state index in [-0.39, 0.29) is 28.8 Å². The first-order chi connectivity index (χ1) is 10.2. The zero-order chi connectivity index (χ0) is 16.7. The van der Waals surface area contributed by atoms with Crippen LogP contribution < -0.4 is 10.5 Å². The fraction of sp³-hybridized carbons (Fsp3) is 0.500. The number of ether oxygens (including phenoxy) is 1. The zero-order valence-corrected chi connectivity index (χ0v) is 14.2. The molecule has 0 aromatic heterocycles. The third-order valence-electron chi connectivity index (χ3n) is 4.16. The molecule has 2 atom stereocenters. The van der Waals surface area contributed by atoms with Gasteiger partial charge in [0.15, 0.2) is 9.84 Å². The van der Waals surface area contributed by atoms with Crippen LogP contribution in [0.3, 0.4) is 0 Å². The number of hydrogen-bond acceptors (Lipinski definition) is 5. The first-order valence-corrected chi connectivity index (χ1v) is 8.94. The Bertz CT molecular complexity index is 705. The molecule has 8 heteroatoms. The van der Waals surface area contributed by atoms with Crippen LogP contribution in [0.25, 0.3) is 0 Å². The van der Waals surface area contributed by atoms with Crippen LogP contribution in [-0.2, 0) is 9.84 Å². The highest BCUT2D eigenvalue weighted by Crippen LogP contribution is 2.31. The predicted octanol–water partition coefficient (Wildman–Crippen LogP) is 1.58. The Morgan fingerprint density at radius 1 is 1.41 bits per heavy atom. The van der Waals surface area contributed by atoms with Gasteiger partial charge in [-0.2, -0.15) is 0 Å². The molecule has 0 radical (unpaired) electrons. The number of benzene rings is 1. The summed E-state index contributed by atoms with van der Waals surface area (Å²) in [6, 6.07) is 2.52. The average molecular weight is 347 g/mol. The van der Waals surface area contributed by atoms with Gasteiger partial charge in [-0.05, 0) is 19.9 Å². The van der Waals surface area contributed by atoms with Crippen molar-refractivity contribution in [2.75, 3.05) is 25.1 Å². The summed E-state index contributed by atoms with van der Waals surface area (Å²) < 4.78 is 29.0. The van der Waals surface area contributed by atoms with Crippen molar-refractivity contribution >= 4 is 33.0 Å². The van der Waals surface area contributed by atoms with Crippen molar-refractivity contribution < 1.29 is 17.9 Å². The van der Waals surface area contributed by atoms with Gasteiger partial charge >= 0.3 is 0 Å². The summed E-state index contributed by atoms with van der Waals surface area (Å²) >= 11 is 5.99. The van der Waals surface area contributed by atoms with E-state index in [0.717, 1.165) is 0 Å². The maximum absolute atomic E-state index is 12.8. The Morgan fingerprint density at radius 3 is 2.64 bits per heavy atom. The molecule has 2 unspecified atom stereocenters. The van der Waals surface area contributed by atoms with Crippen LogP contribution in [0.4, 0.5) is 5.69 Å². The number of carbonyl (C=O) groups is 1. The third-order valence-corrected chi connectivity index (χ3v) is 6.77. The summed E-state index contributed by atoms with van der Waals surface area (Å²) in [5.74, 6) is -0.0388. The number of carbonyl (C=O) groups excluding carboxylic acids is 1. The van der Waals surface area contributed by atoms with E-state index in [9.17, 15) is 13.2 Å². The lowest BCUT2D eigenvalue weighted by Crippen LogP contribution is -2.54. The predicted molar refractivity (Wildman–Crippen MR) is 86.2 cm³/mol. The minimum absolute atomic E-state index is 0.0464. The van der Waals surface area contributed by atoms with Gasteiger partial charge in [0.2, 0.25) is 0 Å². The van der Waals surface area contributed by atoms with Gasteiger partial charge in [0, 0.05) is 18.7 Å². The van der Waals surface area contributed by atoms with Gasteiger partial charge in [-0.15, -0.1) is 0 Å². The van der Waals surface area contributed by atoms with E-state index in [0.29, 0.717) is 11.4 Å². The molecule has 0 bridgehead atoms. The summed E-state index contributed by atoms with van der Waals surface area (Å²) in [6.07, 6.45) is 0. The van der Waals surface area contributed by atoms with E-state index in [1.165, 1.54) is 24.1 Å². The lowest BCUT2D eigenvalue weighted by atomic mass is 10.1. The van der Waals surface area contributed by atoms with Crippen LogP contribution in [-0.4, -0.2) is 49.9 Å². The molecule has 1 aromatic rings. The Morgan fingerprint density at radius 2 is 2.05 bits per heavy atom. The molecule has 0 aliphatic carbocycles. The van der Waals surface area contributed by atoms with E-state index in [4.69, 9.17) is 22.1 Å². The lowest BCUT2D eigenvalue weighted by Gasteiger charge is -2.37. The van der Waals surface area contributed by atoms with Crippen molar-refractivity contribution in [1.82, 2.24) is 4.90 Å². The second-order valence-corrected chi connectivity index (χ2v) is 8.27. The standard InChI is InChI=1S/C14H19ClN2O4S/c1-8-9(2)22(19,20)5-4-17(8)14(18)10-6-11(15)12(16)7-13(10)21-3/h6-9H,4-5,16H2,1-3H3. The first-order valence-electron chi connectivity index (χ1n) is 6.84. The molecule has 122 valence electrons. The topological polar surface area (TPSA) is 89.7 Å². The number of nitrogens with two attached hydrogens (primary N) is 1. The average Bonchev–Trinajstić information content (AvgIpc) is 2.46. The zero-order valence-electron chi connectivity index (χ0n) is 12.7. The number of nitrogen functional groups attached to an aromatic ring is 1. The number of hydrogen-bond donors (Lipinski definition) is 1. The van der Waals surface area contributed by atoms with Crippen LogP contribution in [0, 0.1) is 0 Å². The number of anilines is 1. The molecule has 6 nitrogen and oxygen atoms in total. The number of halogens is 1. The summed E-state index contributed by atoms with van der Waals surface area (Å²) in [5.41, 5.74) is 6.31. The molecule has 2 rings (SSSR count). The van der Waals surface area contributed by atoms with Crippen molar-refractivity contribution in [2.24, 2.45) is 0 Å². The van der Waals surface area contributed by atoms with Gasteiger partial charge in [0.1, 0.15) is 5.75 Å². The van der Waals surface area contributed by atoms with Gasteiger partial charge < -0.3 is 15.4 Å². The number of sulfone groups is 1.